The molecule has 0 saturated carbocycles. The van der Waals surface area contributed by atoms with E-state index in [1.807, 2.05) is 30.3 Å². The molecule has 2 aromatic carbocycles. The van der Waals surface area contributed by atoms with Crippen molar-refractivity contribution in [2.24, 2.45) is 0 Å². The lowest BCUT2D eigenvalue weighted by molar-refractivity contribution is -0.150. The third-order valence-corrected chi connectivity index (χ3v) is 5.44. The fourth-order valence-corrected chi connectivity index (χ4v) is 3.69. The van der Waals surface area contributed by atoms with Crippen molar-refractivity contribution in [3.63, 3.8) is 0 Å². The Morgan fingerprint density at radius 2 is 1.79 bits per heavy atom. The standard InChI is InChI=1S/C26H27FN2O5/c1-15-10-11-19(20(27)14-15)22(18-8-6-5-7-9-18)17(3)34-26(32)16(2)29-25(31)23-24(30)21(33-4)12-13-28-23/h5-14,16-17,22,30H,1-4H3,(H,29,31)/t16-,17-,22+/m0/s1. The van der Waals surface area contributed by atoms with Crippen LogP contribution in [0.5, 0.6) is 11.5 Å². The van der Waals surface area contributed by atoms with E-state index in [1.165, 1.54) is 32.4 Å². The predicted octanol–water partition coefficient (Wildman–Crippen LogP) is 4.13. The lowest BCUT2D eigenvalue weighted by atomic mass is 9.86. The maximum absolute atomic E-state index is 14.9. The van der Waals surface area contributed by atoms with Crippen LogP contribution in [0.3, 0.4) is 0 Å². The highest BCUT2D eigenvalue weighted by atomic mass is 19.1. The number of nitrogens with zero attached hydrogens (tertiary/aromatic N) is 1. The molecule has 0 radical (unpaired) electrons. The van der Waals surface area contributed by atoms with Crippen molar-refractivity contribution in [2.75, 3.05) is 7.11 Å². The predicted molar refractivity (Wildman–Crippen MR) is 124 cm³/mol. The molecule has 8 heteroatoms. The van der Waals surface area contributed by atoms with Gasteiger partial charge in [0.1, 0.15) is 18.0 Å². The fourth-order valence-electron chi connectivity index (χ4n) is 3.69. The van der Waals surface area contributed by atoms with Gasteiger partial charge >= 0.3 is 5.97 Å². The second-order valence-corrected chi connectivity index (χ2v) is 7.96. The minimum Gasteiger partial charge on any atom is -0.503 e. The van der Waals surface area contributed by atoms with Gasteiger partial charge in [0, 0.05) is 18.2 Å². The van der Waals surface area contributed by atoms with Crippen molar-refractivity contribution in [3.05, 3.63) is 89.0 Å². The van der Waals surface area contributed by atoms with E-state index in [2.05, 4.69) is 10.3 Å². The number of halogens is 1. The van der Waals surface area contributed by atoms with Crippen molar-refractivity contribution < 1.29 is 28.6 Å². The van der Waals surface area contributed by atoms with Crippen molar-refractivity contribution in [2.45, 2.75) is 38.8 Å². The van der Waals surface area contributed by atoms with Gasteiger partial charge in [0.25, 0.3) is 5.91 Å². The summed E-state index contributed by atoms with van der Waals surface area (Å²) in [6.45, 7) is 4.93. The molecule has 0 unspecified atom stereocenters. The van der Waals surface area contributed by atoms with Gasteiger partial charge in [0.15, 0.2) is 17.2 Å². The number of ether oxygens (including phenoxy) is 2. The Labute approximate surface area is 197 Å². The zero-order valence-electron chi connectivity index (χ0n) is 19.4. The fraction of sp³-hybridized carbons (Fsp3) is 0.269. The molecule has 178 valence electrons. The van der Waals surface area contributed by atoms with E-state index in [0.29, 0.717) is 5.56 Å². The Kier molecular flexibility index (Phi) is 7.83. The van der Waals surface area contributed by atoms with Crippen LogP contribution in [0.1, 0.15) is 46.9 Å². The summed E-state index contributed by atoms with van der Waals surface area (Å²) >= 11 is 0. The first-order chi connectivity index (χ1) is 16.2. The summed E-state index contributed by atoms with van der Waals surface area (Å²) in [5.41, 5.74) is 1.69. The molecular weight excluding hydrogens is 439 g/mol. The SMILES string of the molecule is COc1ccnc(C(=O)N[C@@H](C)C(=O)O[C@@H](C)[C@H](c2ccccc2)c2ccc(C)cc2F)c1O. The molecule has 3 aromatic rings. The molecule has 1 aromatic heterocycles. The molecule has 34 heavy (non-hydrogen) atoms. The van der Waals surface area contributed by atoms with Crippen LogP contribution in [0.2, 0.25) is 0 Å². The largest absolute Gasteiger partial charge is 0.503 e. The Bertz CT molecular complexity index is 1170. The van der Waals surface area contributed by atoms with E-state index in [-0.39, 0.29) is 11.4 Å². The number of rotatable bonds is 8. The topological polar surface area (TPSA) is 97.8 Å². The monoisotopic (exact) mass is 466 g/mol. The zero-order chi connectivity index (χ0) is 24.8. The van der Waals surface area contributed by atoms with Crippen LogP contribution in [0.25, 0.3) is 0 Å². The third-order valence-electron chi connectivity index (χ3n) is 5.44. The number of esters is 1. The number of methoxy groups -OCH3 is 1. The highest BCUT2D eigenvalue weighted by Crippen LogP contribution is 2.32. The van der Waals surface area contributed by atoms with Gasteiger partial charge < -0.3 is 19.9 Å². The Balaban J connectivity index is 1.78. The second-order valence-electron chi connectivity index (χ2n) is 7.96. The third kappa shape index (κ3) is 5.51. The van der Waals surface area contributed by atoms with Crippen molar-refractivity contribution in [1.29, 1.82) is 0 Å². The first-order valence-electron chi connectivity index (χ1n) is 10.8. The highest BCUT2D eigenvalue weighted by molar-refractivity contribution is 5.97. The van der Waals surface area contributed by atoms with Crippen LogP contribution < -0.4 is 10.1 Å². The minimum absolute atomic E-state index is 0.0785. The number of nitrogens with one attached hydrogen (secondary N) is 1. The quantitative estimate of drug-likeness (QED) is 0.485. The summed E-state index contributed by atoms with van der Waals surface area (Å²) in [5, 5.41) is 12.6. The maximum Gasteiger partial charge on any atom is 0.328 e. The molecule has 1 heterocycles. The van der Waals surface area contributed by atoms with E-state index in [0.717, 1.165) is 11.1 Å². The van der Waals surface area contributed by atoms with Crippen LogP contribution >= 0.6 is 0 Å². The summed E-state index contributed by atoms with van der Waals surface area (Å²) in [5.74, 6) is -2.78. The molecular formula is C26H27FN2O5. The summed E-state index contributed by atoms with van der Waals surface area (Å²) in [6, 6.07) is 14.5. The van der Waals surface area contributed by atoms with Gasteiger partial charge in [-0.2, -0.15) is 0 Å². The van der Waals surface area contributed by atoms with Crippen LogP contribution in [-0.4, -0.2) is 41.2 Å². The number of aromatic hydroxyl groups is 1. The van der Waals surface area contributed by atoms with Gasteiger partial charge in [-0.05, 0) is 43.5 Å². The Morgan fingerprint density at radius 1 is 1.09 bits per heavy atom. The normalized spacial score (nSPS) is 13.4. The lowest BCUT2D eigenvalue weighted by Crippen LogP contribution is -2.41. The first kappa shape index (κ1) is 24.7. The highest BCUT2D eigenvalue weighted by Gasteiger charge is 2.30. The molecule has 0 aliphatic rings. The van der Waals surface area contributed by atoms with Crippen LogP contribution in [-0.2, 0) is 9.53 Å². The smallest absolute Gasteiger partial charge is 0.328 e. The average Bonchev–Trinajstić information content (AvgIpc) is 2.81. The Morgan fingerprint density at radius 3 is 2.44 bits per heavy atom. The number of aromatic nitrogens is 1. The zero-order valence-corrected chi connectivity index (χ0v) is 19.4. The summed E-state index contributed by atoms with van der Waals surface area (Å²) < 4.78 is 25.5. The molecule has 7 nitrogen and oxygen atoms in total. The van der Waals surface area contributed by atoms with Gasteiger partial charge in [0.2, 0.25) is 0 Å². The number of hydrogen-bond acceptors (Lipinski definition) is 6. The van der Waals surface area contributed by atoms with E-state index >= 15 is 0 Å². The number of carbonyl (C=O) groups is 2. The molecule has 0 aliphatic carbocycles. The number of benzene rings is 2. The van der Waals surface area contributed by atoms with Crippen molar-refractivity contribution in [3.8, 4) is 11.5 Å². The van der Waals surface area contributed by atoms with Crippen LogP contribution in [0, 0.1) is 12.7 Å². The number of carbonyl (C=O) groups excluding carboxylic acids is 2. The summed E-state index contributed by atoms with van der Waals surface area (Å²) in [4.78, 5) is 29.2. The van der Waals surface area contributed by atoms with E-state index in [9.17, 15) is 19.1 Å². The Hall–Kier alpha value is -3.94. The van der Waals surface area contributed by atoms with Gasteiger partial charge in [0.05, 0.1) is 7.11 Å². The number of pyridine rings is 1. The number of amides is 1. The molecule has 0 bridgehead atoms. The molecule has 3 rings (SSSR count). The minimum atomic E-state index is -1.05. The molecule has 0 aliphatic heterocycles. The van der Waals surface area contributed by atoms with E-state index < -0.39 is 41.5 Å². The summed E-state index contributed by atoms with van der Waals surface area (Å²) in [7, 11) is 1.35. The molecule has 1 amide bonds. The lowest BCUT2D eigenvalue weighted by Gasteiger charge is -2.27. The van der Waals surface area contributed by atoms with Crippen LogP contribution in [0.4, 0.5) is 4.39 Å². The number of hydrogen-bond donors (Lipinski definition) is 2. The first-order valence-corrected chi connectivity index (χ1v) is 10.8. The molecule has 3 atom stereocenters. The van der Waals surface area contributed by atoms with Crippen molar-refractivity contribution >= 4 is 11.9 Å². The van der Waals surface area contributed by atoms with Gasteiger partial charge in [-0.1, -0.05) is 42.5 Å². The molecule has 0 saturated heterocycles. The van der Waals surface area contributed by atoms with E-state index in [1.54, 1.807) is 26.0 Å². The van der Waals surface area contributed by atoms with Crippen molar-refractivity contribution in [1.82, 2.24) is 10.3 Å². The van der Waals surface area contributed by atoms with Gasteiger partial charge in [-0.15, -0.1) is 0 Å². The van der Waals surface area contributed by atoms with Crippen LogP contribution in [0.15, 0.2) is 60.8 Å². The average molecular weight is 467 g/mol. The van der Waals surface area contributed by atoms with Gasteiger partial charge in [-0.3, -0.25) is 4.79 Å². The number of aryl methyl sites for hydroxylation is 1. The van der Waals surface area contributed by atoms with Gasteiger partial charge in [-0.25, -0.2) is 14.2 Å². The second kappa shape index (κ2) is 10.8. The summed E-state index contributed by atoms with van der Waals surface area (Å²) in [6.07, 6.45) is 0.564. The maximum atomic E-state index is 14.9. The van der Waals surface area contributed by atoms with E-state index in [4.69, 9.17) is 9.47 Å². The molecule has 0 spiro atoms. The molecule has 0 fully saturated rings. The molecule has 2 N–H and O–H groups in total.